The standard InChI is InChI=1S/C44H54N4O2/c1-30-26-36(18-20-38(30)45-47-40-28-34(16-22-42(40)49)32-12-6-3-7-13-32)44(24-10-5-11-25-44)37-19-21-39(31(2)27-37)46-48-41-29-35(17-23-43(41)50)33-14-8-4-9-15-33/h16-23,26-29,32-33,45,47,49-50H,3-15,24-25H2,1-2H3. The first kappa shape index (κ1) is 34.1. The van der Waals surface area contributed by atoms with Crippen molar-refractivity contribution in [3.05, 3.63) is 106 Å². The fourth-order valence-electron chi connectivity index (χ4n) is 8.96. The van der Waals surface area contributed by atoms with Crippen molar-refractivity contribution in [2.45, 2.75) is 127 Å². The summed E-state index contributed by atoms with van der Waals surface area (Å²) in [5.74, 6) is 1.56. The molecule has 0 heterocycles. The predicted octanol–water partition coefficient (Wildman–Crippen LogP) is 12.9. The summed E-state index contributed by atoms with van der Waals surface area (Å²) in [5, 5.41) is 30.4. The van der Waals surface area contributed by atoms with E-state index in [1.54, 1.807) is 6.07 Å². The van der Waals surface area contributed by atoms with Gasteiger partial charge in [0.2, 0.25) is 0 Å². The Morgan fingerprint density at radius 2 is 1.06 bits per heavy atom. The molecule has 3 fully saturated rings. The van der Waals surface area contributed by atoms with Crippen LogP contribution < -0.4 is 10.9 Å². The second kappa shape index (κ2) is 15.3. The van der Waals surface area contributed by atoms with Gasteiger partial charge in [-0.1, -0.05) is 94.2 Å². The SMILES string of the molecule is Cc1cc(C2(c3ccc(NNc4cc(C5CCCCC5)ccc4O)c(C)c3)CCCCC2)ccc1N=Nc1cc(C2CCCCC2)ccc1O. The maximum atomic E-state index is 10.6. The van der Waals surface area contributed by atoms with E-state index in [-0.39, 0.29) is 16.9 Å². The molecule has 0 aromatic heterocycles. The highest BCUT2D eigenvalue weighted by Crippen LogP contribution is 2.47. The minimum atomic E-state index is -0.0609. The zero-order chi connectivity index (χ0) is 34.5. The van der Waals surface area contributed by atoms with Crippen molar-refractivity contribution in [3.63, 3.8) is 0 Å². The van der Waals surface area contributed by atoms with E-state index >= 15 is 0 Å². The van der Waals surface area contributed by atoms with Crippen molar-refractivity contribution in [1.82, 2.24) is 0 Å². The molecule has 0 unspecified atom stereocenters. The van der Waals surface area contributed by atoms with Crippen LogP contribution in [0.15, 0.2) is 83.0 Å². The van der Waals surface area contributed by atoms with Gasteiger partial charge in [0.05, 0.1) is 17.1 Å². The second-order valence-electron chi connectivity index (χ2n) is 15.3. The molecule has 4 aromatic carbocycles. The van der Waals surface area contributed by atoms with Gasteiger partial charge in [-0.25, -0.2) is 0 Å². The van der Waals surface area contributed by atoms with Gasteiger partial charge in [-0.3, -0.25) is 5.43 Å². The monoisotopic (exact) mass is 670 g/mol. The molecular weight excluding hydrogens is 617 g/mol. The molecule has 0 bridgehead atoms. The Labute approximate surface area is 298 Å². The van der Waals surface area contributed by atoms with Gasteiger partial charge in [0, 0.05) is 5.41 Å². The first-order valence-corrected chi connectivity index (χ1v) is 19.2. The topological polar surface area (TPSA) is 89.2 Å². The average Bonchev–Trinajstić information content (AvgIpc) is 3.16. The molecule has 3 aliphatic rings. The van der Waals surface area contributed by atoms with Crippen LogP contribution in [0.4, 0.5) is 22.7 Å². The highest BCUT2D eigenvalue weighted by molar-refractivity contribution is 5.64. The molecule has 0 aliphatic heterocycles. The number of azo groups is 1. The van der Waals surface area contributed by atoms with E-state index < -0.39 is 0 Å². The molecule has 0 amide bonds. The van der Waals surface area contributed by atoms with Crippen molar-refractivity contribution >= 4 is 22.7 Å². The van der Waals surface area contributed by atoms with Crippen LogP contribution in [0.1, 0.15) is 142 Å². The van der Waals surface area contributed by atoms with Crippen LogP contribution in [0.3, 0.4) is 0 Å². The van der Waals surface area contributed by atoms with Crippen LogP contribution in [0.2, 0.25) is 0 Å². The summed E-state index contributed by atoms with van der Waals surface area (Å²) in [5.41, 5.74) is 17.3. The van der Waals surface area contributed by atoms with Crippen molar-refractivity contribution in [2.75, 3.05) is 10.9 Å². The zero-order valence-electron chi connectivity index (χ0n) is 30.0. The largest absolute Gasteiger partial charge is 0.506 e. The Morgan fingerprint density at radius 1 is 0.520 bits per heavy atom. The third kappa shape index (κ3) is 7.40. The van der Waals surface area contributed by atoms with Gasteiger partial charge >= 0.3 is 0 Å². The number of phenols is 2. The Morgan fingerprint density at radius 3 is 1.70 bits per heavy atom. The predicted molar refractivity (Wildman–Crippen MR) is 206 cm³/mol. The number of nitrogens with zero attached hydrogens (tertiary/aromatic N) is 2. The Hall–Kier alpha value is -4.32. The number of anilines is 2. The zero-order valence-corrected chi connectivity index (χ0v) is 30.0. The summed E-state index contributed by atoms with van der Waals surface area (Å²) in [6, 6.07) is 25.3. The van der Waals surface area contributed by atoms with E-state index in [1.807, 2.05) is 12.1 Å². The van der Waals surface area contributed by atoms with Crippen LogP contribution in [0, 0.1) is 13.8 Å². The van der Waals surface area contributed by atoms with Crippen molar-refractivity contribution < 1.29 is 10.2 Å². The van der Waals surface area contributed by atoms with E-state index in [4.69, 9.17) is 0 Å². The lowest BCUT2D eigenvalue weighted by atomic mass is 9.65. The Balaban J connectivity index is 1.09. The molecule has 3 saturated carbocycles. The summed E-state index contributed by atoms with van der Waals surface area (Å²) >= 11 is 0. The number of hydrazine groups is 1. The normalized spacial score (nSPS) is 18.7. The molecule has 50 heavy (non-hydrogen) atoms. The summed E-state index contributed by atoms with van der Waals surface area (Å²) in [6.45, 7) is 4.28. The molecule has 4 N–H and O–H groups in total. The van der Waals surface area contributed by atoms with Gasteiger partial charge < -0.3 is 15.6 Å². The van der Waals surface area contributed by atoms with E-state index in [0.29, 0.717) is 17.5 Å². The van der Waals surface area contributed by atoms with Crippen LogP contribution >= 0.6 is 0 Å². The molecule has 6 nitrogen and oxygen atoms in total. The number of benzene rings is 4. The number of nitrogens with one attached hydrogen (secondary N) is 2. The highest BCUT2D eigenvalue weighted by atomic mass is 16.3. The molecule has 3 aliphatic carbocycles. The molecule has 0 radical (unpaired) electrons. The van der Waals surface area contributed by atoms with E-state index in [0.717, 1.165) is 35.5 Å². The minimum absolute atomic E-state index is 0.0609. The maximum absolute atomic E-state index is 10.6. The average molecular weight is 671 g/mol. The third-order valence-corrected chi connectivity index (χ3v) is 12.0. The minimum Gasteiger partial charge on any atom is -0.506 e. The number of phenolic OH excluding ortho intramolecular Hbond substituents is 2. The van der Waals surface area contributed by atoms with Crippen molar-refractivity contribution in [1.29, 1.82) is 0 Å². The van der Waals surface area contributed by atoms with Crippen LogP contribution in [0.5, 0.6) is 11.5 Å². The van der Waals surface area contributed by atoms with Gasteiger partial charge in [0.15, 0.2) is 0 Å². The third-order valence-electron chi connectivity index (χ3n) is 12.0. The first-order chi connectivity index (χ1) is 24.4. The van der Waals surface area contributed by atoms with Gasteiger partial charge in [0.25, 0.3) is 0 Å². The number of aryl methyl sites for hydroxylation is 2. The second-order valence-corrected chi connectivity index (χ2v) is 15.3. The van der Waals surface area contributed by atoms with E-state index in [2.05, 4.69) is 89.5 Å². The lowest BCUT2D eigenvalue weighted by Gasteiger charge is -2.39. The fraction of sp³-hybridized carbons (Fsp3) is 0.455. The Bertz CT molecular complexity index is 1810. The maximum Gasteiger partial charge on any atom is 0.143 e. The number of hydrogen-bond acceptors (Lipinski definition) is 6. The Kier molecular flexibility index (Phi) is 10.4. The van der Waals surface area contributed by atoms with Crippen molar-refractivity contribution in [2.24, 2.45) is 10.2 Å². The summed E-state index contributed by atoms with van der Waals surface area (Å²) in [7, 11) is 0. The summed E-state index contributed by atoms with van der Waals surface area (Å²) in [4.78, 5) is 0. The lowest BCUT2D eigenvalue weighted by molar-refractivity contribution is 0.346. The molecule has 262 valence electrons. The smallest absolute Gasteiger partial charge is 0.143 e. The number of rotatable bonds is 9. The van der Waals surface area contributed by atoms with Gasteiger partial charge in [-0.05, 0) is 134 Å². The molecule has 0 spiro atoms. The summed E-state index contributed by atoms with van der Waals surface area (Å²) < 4.78 is 0. The fourth-order valence-corrected chi connectivity index (χ4v) is 8.96. The molecule has 4 aromatic rings. The molecule has 0 atom stereocenters. The molecule has 7 rings (SSSR count). The van der Waals surface area contributed by atoms with Gasteiger partial charge in [-0.2, -0.15) is 5.11 Å². The lowest BCUT2D eigenvalue weighted by Crippen LogP contribution is -2.30. The van der Waals surface area contributed by atoms with Crippen LogP contribution in [-0.4, -0.2) is 10.2 Å². The highest BCUT2D eigenvalue weighted by Gasteiger charge is 2.36. The van der Waals surface area contributed by atoms with E-state index in [1.165, 1.54) is 111 Å². The van der Waals surface area contributed by atoms with Crippen LogP contribution in [-0.2, 0) is 5.41 Å². The van der Waals surface area contributed by atoms with E-state index in [9.17, 15) is 10.2 Å². The number of hydrogen-bond donors (Lipinski definition) is 4. The molecular formula is C44H54N4O2. The summed E-state index contributed by atoms with van der Waals surface area (Å²) in [6.07, 6.45) is 18.5. The quantitative estimate of drug-likeness (QED) is 0.0810. The first-order valence-electron chi connectivity index (χ1n) is 19.2. The number of aromatic hydroxyl groups is 2. The van der Waals surface area contributed by atoms with Gasteiger partial charge in [-0.15, -0.1) is 5.11 Å². The van der Waals surface area contributed by atoms with Crippen molar-refractivity contribution in [3.8, 4) is 11.5 Å². The van der Waals surface area contributed by atoms with Gasteiger partial charge in [0.1, 0.15) is 17.2 Å². The van der Waals surface area contributed by atoms with Crippen LogP contribution in [0.25, 0.3) is 0 Å². The molecule has 0 saturated heterocycles. The molecule has 6 heteroatoms.